The predicted octanol–water partition coefficient (Wildman–Crippen LogP) is 4.27. The van der Waals surface area contributed by atoms with Crippen molar-refractivity contribution in [2.75, 3.05) is 5.75 Å². The lowest BCUT2D eigenvalue weighted by Crippen LogP contribution is -2.04. The van der Waals surface area contributed by atoms with Gasteiger partial charge in [-0.2, -0.15) is 8.42 Å². The van der Waals surface area contributed by atoms with E-state index in [1.807, 2.05) is 36.4 Å². The van der Waals surface area contributed by atoms with Gasteiger partial charge in [-0.25, -0.2) is 0 Å². The lowest BCUT2D eigenvalue weighted by atomic mass is 9.87. The molecule has 0 aliphatic rings. The van der Waals surface area contributed by atoms with E-state index >= 15 is 0 Å². The third-order valence-electron chi connectivity index (χ3n) is 3.80. The minimum absolute atomic E-state index is 0.145. The Labute approximate surface area is 132 Å². The largest absolute Gasteiger partial charge is 0.286 e. The fraction of sp³-hybridized carbons (Fsp3) is 0.333. The molecule has 0 fully saturated rings. The van der Waals surface area contributed by atoms with Crippen molar-refractivity contribution in [3.05, 3.63) is 71.8 Å². The van der Waals surface area contributed by atoms with Gasteiger partial charge in [0.25, 0.3) is 10.1 Å². The van der Waals surface area contributed by atoms with E-state index < -0.39 is 10.1 Å². The zero-order valence-corrected chi connectivity index (χ0v) is 13.4. The van der Waals surface area contributed by atoms with Crippen LogP contribution in [0.3, 0.4) is 0 Å². The molecule has 22 heavy (non-hydrogen) atoms. The summed E-state index contributed by atoms with van der Waals surface area (Å²) >= 11 is 0. The van der Waals surface area contributed by atoms with Gasteiger partial charge in [-0.15, -0.1) is 0 Å². The second kappa shape index (κ2) is 8.11. The Bertz CT molecular complexity index is 612. The van der Waals surface area contributed by atoms with E-state index in [9.17, 15) is 8.42 Å². The number of benzene rings is 2. The van der Waals surface area contributed by atoms with Crippen LogP contribution in [-0.4, -0.2) is 18.7 Å². The molecule has 0 saturated heterocycles. The van der Waals surface area contributed by atoms with Crippen LogP contribution in [0.5, 0.6) is 0 Å². The molecule has 118 valence electrons. The topological polar surface area (TPSA) is 54.4 Å². The first-order valence-corrected chi connectivity index (χ1v) is 9.22. The van der Waals surface area contributed by atoms with Crippen molar-refractivity contribution in [2.24, 2.45) is 0 Å². The van der Waals surface area contributed by atoms with Gasteiger partial charge < -0.3 is 0 Å². The maximum atomic E-state index is 10.7. The molecule has 0 atom stereocenters. The second-order valence-corrected chi connectivity index (χ2v) is 7.08. The Hall–Kier alpha value is -1.65. The summed E-state index contributed by atoms with van der Waals surface area (Å²) in [5.74, 6) is 0.182. The summed E-state index contributed by atoms with van der Waals surface area (Å²) in [6.45, 7) is 0. The average molecular weight is 318 g/mol. The SMILES string of the molecule is O=S(=O)(O)CCCCCC(c1ccccc1)c1ccccc1. The molecule has 0 radical (unpaired) electrons. The number of rotatable bonds is 8. The van der Waals surface area contributed by atoms with Crippen molar-refractivity contribution in [2.45, 2.75) is 31.6 Å². The van der Waals surface area contributed by atoms with E-state index in [1.165, 1.54) is 11.1 Å². The van der Waals surface area contributed by atoms with E-state index in [2.05, 4.69) is 24.3 Å². The van der Waals surface area contributed by atoms with Crippen LogP contribution in [0, 0.1) is 0 Å². The molecule has 3 nitrogen and oxygen atoms in total. The van der Waals surface area contributed by atoms with Gasteiger partial charge in [-0.3, -0.25) is 4.55 Å². The van der Waals surface area contributed by atoms with Crippen molar-refractivity contribution in [1.29, 1.82) is 0 Å². The molecule has 0 amide bonds. The van der Waals surface area contributed by atoms with Crippen molar-refractivity contribution in [3.8, 4) is 0 Å². The molecular formula is C18H22O3S. The van der Waals surface area contributed by atoms with E-state index in [4.69, 9.17) is 4.55 Å². The molecule has 2 aromatic rings. The van der Waals surface area contributed by atoms with Gasteiger partial charge in [0.1, 0.15) is 0 Å². The summed E-state index contributed by atoms with van der Waals surface area (Å²) in [7, 11) is -3.83. The highest BCUT2D eigenvalue weighted by Gasteiger charge is 2.13. The zero-order valence-electron chi connectivity index (χ0n) is 12.6. The van der Waals surface area contributed by atoms with Crippen molar-refractivity contribution in [3.63, 3.8) is 0 Å². The lowest BCUT2D eigenvalue weighted by molar-refractivity contribution is 0.478. The van der Waals surface area contributed by atoms with Gasteiger partial charge in [-0.1, -0.05) is 73.5 Å². The molecule has 4 heteroatoms. The molecule has 0 aromatic heterocycles. The molecule has 0 aliphatic heterocycles. The van der Waals surface area contributed by atoms with Gasteiger partial charge >= 0.3 is 0 Å². The summed E-state index contributed by atoms with van der Waals surface area (Å²) in [6.07, 6.45) is 3.22. The highest BCUT2D eigenvalue weighted by Crippen LogP contribution is 2.29. The highest BCUT2D eigenvalue weighted by molar-refractivity contribution is 7.85. The molecule has 0 heterocycles. The van der Waals surface area contributed by atoms with Gasteiger partial charge in [0, 0.05) is 5.92 Å². The van der Waals surface area contributed by atoms with Gasteiger partial charge in [0.2, 0.25) is 0 Å². The van der Waals surface area contributed by atoms with Gasteiger partial charge in [-0.05, 0) is 24.0 Å². The first kappa shape index (κ1) is 16.7. The summed E-state index contributed by atoms with van der Waals surface area (Å²) in [4.78, 5) is 0. The molecule has 0 unspecified atom stereocenters. The Morgan fingerprint density at radius 3 is 1.73 bits per heavy atom. The Kier molecular flexibility index (Phi) is 6.16. The van der Waals surface area contributed by atoms with E-state index in [1.54, 1.807) is 0 Å². The summed E-state index contributed by atoms with van der Waals surface area (Å²) in [5, 5.41) is 0. The third-order valence-corrected chi connectivity index (χ3v) is 4.60. The van der Waals surface area contributed by atoms with Crippen LogP contribution in [0.15, 0.2) is 60.7 Å². The second-order valence-electron chi connectivity index (χ2n) is 5.51. The minimum Gasteiger partial charge on any atom is -0.286 e. The monoisotopic (exact) mass is 318 g/mol. The molecule has 2 rings (SSSR count). The Morgan fingerprint density at radius 2 is 1.27 bits per heavy atom. The van der Waals surface area contributed by atoms with Crippen LogP contribution >= 0.6 is 0 Å². The number of unbranched alkanes of at least 4 members (excludes halogenated alkanes) is 2. The summed E-state index contributed by atoms with van der Waals surface area (Å²) in [5.41, 5.74) is 2.56. The molecular weight excluding hydrogens is 296 g/mol. The van der Waals surface area contributed by atoms with E-state index in [0.717, 1.165) is 19.3 Å². The predicted molar refractivity (Wildman–Crippen MR) is 89.6 cm³/mol. The van der Waals surface area contributed by atoms with Crippen molar-refractivity contribution < 1.29 is 13.0 Å². The van der Waals surface area contributed by atoms with Gasteiger partial charge in [0.15, 0.2) is 0 Å². The van der Waals surface area contributed by atoms with E-state index in [0.29, 0.717) is 12.3 Å². The minimum atomic E-state index is -3.83. The number of hydrogen-bond acceptors (Lipinski definition) is 2. The van der Waals surface area contributed by atoms with Gasteiger partial charge in [0.05, 0.1) is 5.75 Å². The fourth-order valence-corrected chi connectivity index (χ4v) is 3.28. The van der Waals surface area contributed by atoms with Crippen LogP contribution < -0.4 is 0 Å². The van der Waals surface area contributed by atoms with Crippen LogP contribution in [0.2, 0.25) is 0 Å². The molecule has 0 saturated carbocycles. The molecule has 0 bridgehead atoms. The smallest absolute Gasteiger partial charge is 0.264 e. The lowest BCUT2D eigenvalue weighted by Gasteiger charge is -2.18. The van der Waals surface area contributed by atoms with Crippen LogP contribution in [0.4, 0.5) is 0 Å². The maximum absolute atomic E-state index is 10.7. The van der Waals surface area contributed by atoms with E-state index in [-0.39, 0.29) is 5.75 Å². The first-order chi connectivity index (χ1) is 10.6. The normalized spacial score (nSPS) is 11.7. The summed E-state index contributed by atoms with van der Waals surface area (Å²) in [6, 6.07) is 20.7. The Balaban J connectivity index is 1.98. The number of hydrogen-bond donors (Lipinski definition) is 1. The average Bonchev–Trinajstić information content (AvgIpc) is 2.51. The zero-order chi connectivity index (χ0) is 15.8. The van der Waals surface area contributed by atoms with Crippen LogP contribution in [0.1, 0.15) is 42.7 Å². The molecule has 1 N–H and O–H groups in total. The molecule has 0 aliphatic carbocycles. The third kappa shape index (κ3) is 5.62. The Morgan fingerprint density at radius 1 is 0.773 bits per heavy atom. The van der Waals surface area contributed by atoms with Crippen LogP contribution in [-0.2, 0) is 10.1 Å². The summed E-state index contributed by atoms with van der Waals surface area (Å²) < 4.78 is 30.2. The quantitative estimate of drug-likeness (QED) is 0.584. The molecule has 2 aromatic carbocycles. The van der Waals surface area contributed by atoms with Crippen molar-refractivity contribution >= 4 is 10.1 Å². The first-order valence-electron chi connectivity index (χ1n) is 7.61. The maximum Gasteiger partial charge on any atom is 0.264 e. The van der Waals surface area contributed by atoms with Crippen molar-refractivity contribution in [1.82, 2.24) is 0 Å². The standard InChI is InChI=1S/C18H22O3S/c19-22(20,21)15-9-3-8-14-18(16-10-4-1-5-11-16)17-12-6-2-7-13-17/h1-2,4-7,10-13,18H,3,8-9,14-15H2,(H,19,20,21). The highest BCUT2D eigenvalue weighted by atomic mass is 32.2. The fourth-order valence-electron chi connectivity index (χ4n) is 2.71. The van der Waals surface area contributed by atoms with Crippen LogP contribution in [0.25, 0.3) is 0 Å². The molecule has 0 spiro atoms.